The molecule has 2 aliphatic carbocycles. The summed E-state index contributed by atoms with van der Waals surface area (Å²) in [4.78, 5) is 16.8. The first kappa shape index (κ1) is 36.7. The Morgan fingerprint density at radius 3 is 2.54 bits per heavy atom. The van der Waals surface area contributed by atoms with Gasteiger partial charge in [0.2, 0.25) is 5.91 Å². The van der Waals surface area contributed by atoms with Crippen LogP contribution in [0.15, 0.2) is 16.8 Å². The highest BCUT2D eigenvalue weighted by molar-refractivity contribution is 5.81. The van der Waals surface area contributed by atoms with Crippen LogP contribution in [0.5, 0.6) is 0 Å². The van der Waals surface area contributed by atoms with E-state index < -0.39 is 78.4 Å². The Kier molecular flexibility index (Phi) is 12.6. The molecule has 2 saturated carbocycles. The van der Waals surface area contributed by atoms with E-state index in [4.69, 9.17) is 42.9 Å². The molecule has 17 nitrogen and oxygen atoms in total. The Morgan fingerprint density at radius 1 is 1.17 bits per heavy atom. The number of amides is 1. The number of nitrogens with zero attached hydrogens (tertiary/aromatic N) is 1. The first-order chi connectivity index (χ1) is 21.7. The molecule has 0 aromatic carbocycles. The second kappa shape index (κ2) is 15.8. The molecule has 0 aromatic rings. The van der Waals surface area contributed by atoms with Crippen molar-refractivity contribution in [2.24, 2.45) is 45.5 Å². The highest BCUT2D eigenvalue weighted by Gasteiger charge is 2.53. The Labute approximate surface area is 269 Å². The number of nitrogens with two attached hydrogens (primary N) is 5. The van der Waals surface area contributed by atoms with Gasteiger partial charge in [0.15, 0.2) is 12.2 Å². The number of likely N-dealkylation sites (N-methyl/N-ethyl adjacent to an activating group) is 1. The van der Waals surface area contributed by atoms with Gasteiger partial charge in [-0.25, -0.2) is 0 Å². The molecule has 3 fully saturated rings. The summed E-state index contributed by atoms with van der Waals surface area (Å²) in [5, 5.41) is 53.2. The van der Waals surface area contributed by atoms with E-state index in [1.807, 2.05) is 6.08 Å². The average molecular weight is 658 g/mol. The van der Waals surface area contributed by atoms with Crippen molar-refractivity contribution in [2.45, 2.75) is 112 Å². The second-order valence-electron chi connectivity index (χ2n) is 13.5. The zero-order chi connectivity index (χ0) is 33.8. The highest BCUT2D eigenvalue weighted by atomic mass is 16.7. The molecule has 1 saturated heterocycles. The lowest BCUT2D eigenvalue weighted by molar-refractivity contribution is -0.297. The molecule has 46 heavy (non-hydrogen) atoms. The van der Waals surface area contributed by atoms with Gasteiger partial charge in [-0.1, -0.05) is 0 Å². The van der Waals surface area contributed by atoms with E-state index in [2.05, 4.69) is 20.9 Å². The van der Waals surface area contributed by atoms with E-state index in [0.717, 1.165) is 19.4 Å². The number of nitrogens with one attached hydrogen (secondary N) is 3. The molecule has 17 heteroatoms. The molecule has 4 aliphatic rings. The Hall–Kier alpha value is -2.16. The van der Waals surface area contributed by atoms with Crippen molar-refractivity contribution < 1.29 is 39.4 Å². The molecule has 0 bridgehead atoms. The average Bonchev–Trinajstić information content (AvgIpc) is 2.96. The van der Waals surface area contributed by atoms with Crippen LogP contribution < -0.4 is 44.6 Å². The maximum atomic E-state index is 13.0. The van der Waals surface area contributed by atoms with Crippen LogP contribution in [0.3, 0.4) is 0 Å². The zero-order valence-corrected chi connectivity index (χ0v) is 26.7. The lowest BCUT2D eigenvalue weighted by atomic mass is 9.72. The van der Waals surface area contributed by atoms with Gasteiger partial charge < -0.3 is 79.3 Å². The maximum Gasteiger partial charge on any atom is 0.249 e. The lowest BCUT2D eigenvalue weighted by Gasteiger charge is -2.50. The molecular weight excluding hydrogens is 602 g/mol. The number of ether oxygens (including phenoxy) is 3. The van der Waals surface area contributed by atoms with E-state index in [-0.39, 0.29) is 38.0 Å². The summed E-state index contributed by atoms with van der Waals surface area (Å²) in [7, 11) is 1.59. The van der Waals surface area contributed by atoms with Crippen molar-refractivity contribution in [1.29, 1.82) is 0 Å². The van der Waals surface area contributed by atoms with Gasteiger partial charge >= 0.3 is 0 Å². The predicted molar refractivity (Wildman–Crippen MR) is 169 cm³/mol. The summed E-state index contributed by atoms with van der Waals surface area (Å²) >= 11 is 0. The Morgan fingerprint density at radius 2 is 1.89 bits per heavy atom. The molecule has 0 spiro atoms. The highest BCUT2D eigenvalue weighted by Crippen LogP contribution is 2.36. The fraction of sp³-hybridized carbons (Fsp3) is 0.862. The van der Waals surface area contributed by atoms with Gasteiger partial charge in [-0.15, -0.1) is 0 Å². The second-order valence-corrected chi connectivity index (χ2v) is 13.5. The van der Waals surface area contributed by atoms with E-state index in [0.29, 0.717) is 24.6 Å². The summed E-state index contributed by atoms with van der Waals surface area (Å²) in [6.07, 6.45) is -2.77. The fourth-order valence-corrected chi connectivity index (χ4v) is 7.04. The summed E-state index contributed by atoms with van der Waals surface area (Å²) in [5.74, 6) is -0.408. The normalized spacial score (nSPS) is 41.8. The third kappa shape index (κ3) is 8.84. The molecule has 17 N–H and O–H groups in total. The van der Waals surface area contributed by atoms with Crippen molar-refractivity contribution >= 4 is 11.9 Å². The van der Waals surface area contributed by atoms with Gasteiger partial charge in [0.25, 0.3) is 0 Å². The molecule has 2 heterocycles. The van der Waals surface area contributed by atoms with Crippen molar-refractivity contribution in [3.05, 3.63) is 11.8 Å². The van der Waals surface area contributed by atoms with Crippen LogP contribution in [-0.4, -0.2) is 138 Å². The van der Waals surface area contributed by atoms with Gasteiger partial charge in [0, 0.05) is 37.0 Å². The number of guanidine groups is 1. The quantitative estimate of drug-likeness (QED) is 0.0652. The van der Waals surface area contributed by atoms with Crippen molar-refractivity contribution in [3.63, 3.8) is 0 Å². The third-order valence-electron chi connectivity index (χ3n) is 9.62. The summed E-state index contributed by atoms with van der Waals surface area (Å²) in [6, 6.07) is -2.63. The molecule has 264 valence electrons. The number of hydrogen-bond acceptors (Lipinski definition) is 14. The molecule has 12 unspecified atom stereocenters. The van der Waals surface area contributed by atoms with Crippen LogP contribution >= 0.6 is 0 Å². The van der Waals surface area contributed by atoms with Gasteiger partial charge in [0.05, 0.1) is 31.3 Å². The molecule has 2 aliphatic heterocycles. The van der Waals surface area contributed by atoms with E-state index in [1.165, 1.54) is 6.92 Å². The predicted octanol–water partition coefficient (Wildman–Crippen LogP) is -5.03. The van der Waals surface area contributed by atoms with Gasteiger partial charge in [0.1, 0.15) is 35.8 Å². The third-order valence-corrected chi connectivity index (χ3v) is 9.62. The van der Waals surface area contributed by atoms with Gasteiger partial charge in [-0.2, -0.15) is 0 Å². The maximum absolute atomic E-state index is 13.0. The number of hydrogen-bond donors (Lipinski definition) is 12. The molecule has 0 radical (unpaired) electrons. The van der Waals surface area contributed by atoms with E-state index in [1.54, 1.807) is 7.05 Å². The number of rotatable bonds is 13. The number of carbonyl (C=O) groups is 1. The molecule has 0 aromatic heterocycles. The van der Waals surface area contributed by atoms with Crippen LogP contribution in [0.1, 0.15) is 39.0 Å². The number of aliphatic hydroxyl groups is 4. The van der Waals surface area contributed by atoms with Crippen LogP contribution in [0, 0.1) is 11.8 Å². The minimum atomic E-state index is -1.46. The first-order valence-electron chi connectivity index (χ1n) is 16.1. The van der Waals surface area contributed by atoms with Crippen LogP contribution in [0.2, 0.25) is 0 Å². The van der Waals surface area contributed by atoms with Crippen LogP contribution in [0.4, 0.5) is 0 Å². The van der Waals surface area contributed by atoms with E-state index in [9.17, 15) is 25.2 Å². The first-order valence-corrected chi connectivity index (χ1v) is 16.1. The smallest absolute Gasteiger partial charge is 0.249 e. The topological polar surface area (TPSA) is 304 Å². The lowest BCUT2D eigenvalue weighted by Crippen LogP contribution is -2.69. The van der Waals surface area contributed by atoms with Gasteiger partial charge in [-0.05, 0) is 58.2 Å². The molecule has 12 atom stereocenters. The standard InChI is InChI=1S/C29H55N9O8/c1-29(43)12-44-27(22(41)25(29)35-2)46-24-18(38-26(42)19(39)5-6-37-28(33)34)9-17(32)20(21(24)40)23-16(31)4-3-15(45-23)11-36-10-13-7-14(30)8-13/h3,13-14,16-25,27,35-36,39-41,43H,4-12,30-32H2,1-2H3,(H,38,42)(H4,33,34,37). The van der Waals surface area contributed by atoms with Crippen molar-refractivity contribution in [1.82, 2.24) is 16.0 Å². The molecule has 4 rings (SSSR count). The monoisotopic (exact) mass is 657 g/mol. The van der Waals surface area contributed by atoms with E-state index >= 15 is 0 Å². The minimum absolute atomic E-state index is 0.0228. The van der Waals surface area contributed by atoms with Crippen molar-refractivity contribution in [2.75, 3.05) is 33.3 Å². The fourth-order valence-electron chi connectivity index (χ4n) is 7.04. The van der Waals surface area contributed by atoms with Crippen LogP contribution in [0.25, 0.3) is 0 Å². The summed E-state index contributed by atoms with van der Waals surface area (Å²) in [5.41, 5.74) is 28.4. The Bertz CT molecular complexity index is 1070. The van der Waals surface area contributed by atoms with Crippen molar-refractivity contribution in [3.8, 4) is 0 Å². The molecule has 1 amide bonds. The summed E-state index contributed by atoms with van der Waals surface area (Å²) < 4.78 is 18.3. The SMILES string of the molecule is CNC1C(O)C(OC2C(NC(=O)C(O)CCN=C(N)N)CC(N)C(C3OC(CNCC4CC(N)C4)=CCC3N)C2O)OCC1(C)O. The number of aliphatic imine (C=N–C) groups is 1. The zero-order valence-electron chi connectivity index (χ0n) is 26.7. The van der Waals surface area contributed by atoms with Gasteiger partial charge in [-0.3, -0.25) is 9.79 Å². The molecular formula is C29H55N9O8. The summed E-state index contributed by atoms with van der Waals surface area (Å²) in [6.45, 7) is 2.67. The minimum Gasteiger partial charge on any atom is -0.492 e. The largest absolute Gasteiger partial charge is 0.492 e. The van der Waals surface area contributed by atoms with Crippen LogP contribution in [-0.2, 0) is 19.0 Å². The number of carbonyl (C=O) groups excluding carboxylic acids is 1. The number of aliphatic hydroxyl groups excluding tert-OH is 3. The Balaban J connectivity index is 1.49.